The fraction of sp³-hybridized carbons (Fsp3) is 0.0800. The van der Waals surface area contributed by atoms with E-state index in [-0.39, 0.29) is 0 Å². The Hall–Kier alpha value is -2.56. The van der Waals surface area contributed by atoms with Crippen LogP contribution in [-0.2, 0) is 26.1 Å². The number of thiazole rings is 1. The van der Waals surface area contributed by atoms with E-state index in [0.717, 1.165) is 30.5 Å². The van der Waals surface area contributed by atoms with Gasteiger partial charge in [0.2, 0.25) is 11.4 Å². The summed E-state index contributed by atoms with van der Waals surface area (Å²) in [4.78, 5) is 4.18. The summed E-state index contributed by atoms with van der Waals surface area (Å²) in [6.45, 7) is 0. The molecule has 2 aromatic carbocycles. The lowest BCUT2D eigenvalue weighted by atomic mass is 10.1. The molecular weight excluding hydrogens is 617 g/mol. The Balaban J connectivity index is 1.49. The summed E-state index contributed by atoms with van der Waals surface area (Å²) in [6, 6.07) is 19.0. The molecule has 200 valence electrons. The van der Waals surface area contributed by atoms with Gasteiger partial charge in [-0.1, -0.05) is 47.4 Å². The maximum Gasteiger partial charge on any atom is 0.266 e. The predicted molar refractivity (Wildman–Crippen MR) is 156 cm³/mol. The van der Waals surface area contributed by atoms with Crippen molar-refractivity contribution in [1.29, 1.82) is 0 Å². The Labute approximate surface area is 241 Å². The van der Waals surface area contributed by atoms with Gasteiger partial charge in [-0.05, 0) is 52.2 Å². The SMILES string of the molecule is O=S(=O)([O-])CN1C(=Cc2sc3ccc(-c4cccs4)cc3[n+]2CS(=O)(=O)[O-])Sc2ccc(-c3cccs3)cc21. The average Bonchev–Trinajstić information content (AvgIpc) is 3.66. The van der Waals surface area contributed by atoms with Gasteiger partial charge in [-0.25, -0.2) is 16.8 Å². The van der Waals surface area contributed by atoms with Gasteiger partial charge >= 0.3 is 0 Å². The Morgan fingerprint density at radius 3 is 2.13 bits per heavy atom. The number of benzene rings is 2. The van der Waals surface area contributed by atoms with Crippen molar-refractivity contribution in [3.05, 3.63) is 81.5 Å². The van der Waals surface area contributed by atoms with E-state index in [9.17, 15) is 25.9 Å². The van der Waals surface area contributed by atoms with Crippen molar-refractivity contribution in [3.8, 4) is 20.9 Å². The number of thioether (sulfide) groups is 1. The summed E-state index contributed by atoms with van der Waals surface area (Å²) in [6.07, 6.45) is 1.64. The third-order valence-electron chi connectivity index (χ3n) is 5.89. The predicted octanol–water partition coefficient (Wildman–Crippen LogP) is 5.56. The molecule has 0 spiro atoms. The van der Waals surface area contributed by atoms with Gasteiger partial charge in [0.25, 0.3) is 5.01 Å². The van der Waals surface area contributed by atoms with Crippen LogP contribution in [0.5, 0.6) is 0 Å². The maximum absolute atomic E-state index is 11.9. The second-order valence-corrected chi connectivity index (χ2v) is 15.3. The van der Waals surface area contributed by atoms with E-state index in [1.807, 2.05) is 71.4 Å². The molecule has 0 bridgehead atoms. The molecule has 0 saturated carbocycles. The van der Waals surface area contributed by atoms with Crippen LogP contribution in [0.2, 0.25) is 0 Å². The largest absolute Gasteiger partial charge is 0.747 e. The molecule has 0 N–H and O–H groups in total. The quantitative estimate of drug-likeness (QED) is 0.169. The first-order chi connectivity index (χ1) is 18.5. The molecule has 39 heavy (non-hydrogen) atoms. The van der Waals surface area contributed by atoms with Crippen molar-refractivity contribution in [3.63, 3.8) is 0 Å². The summed E-state index contributed by atoms with van der Waals surface area (Å²) in [5.41, 5.74) is 2.91. The van der Waals surface area contributed by atoms with Crippen molar-refractivity contribution in [2.75, 3.05) is 10.8 Å². The number of hydrogen-bond donors (Lipinski definition) is 0. The van der Waals surface area contributed by atoms with E-state index >= 15 is 0 Å². The monoisotopic (exact) mass is 633 g/mol. The third-order valence-corrected chi connectivity index (χ3v) is 11.1. The molecule has 0 radical (unpaired) electrons. The fourth-order valence-corrected chi connectivity index (χ4v) is 9.33. The van der Waals surface area contributed by atoms with Gasteiger partial charge in [0.1, 0.15) is 20.7 Å². The molecule has 0 atom stereocenters. The molecular formula is C25H17N2O6S6-. The van der Waals surface area contributed by atoms with E-state index in [4.69, 9.17) is 0 Å². The number of nitrogens with zero attached hydrogens (tertiary/aromatic N) is 2. The minimum atomic E-state index is -4.66. The normalized spacial score (nSPS) is 14.9. The summed E-state index contributed by atoms with van der Waals surface area (Å²) in [5, 5.41) is 4.76. The standard InChI is InChI=1S/C25H18N2O6S6/c28-38(29,30)14-26-18-11-16(20-3-1-9-34-20)5-7-22(18)36-24(26)13-25-27(15-39(31,32)33)19-12-17(6-8-23(19)37-25)21-4-2-10-35-21/h1-13H,14-15H2,(H-,28,29,30,31,32,33)/p-1. The van der Waals surface area contributed by atoms with Gasteiger partial charge in [0.15, 0.2) is 10.1 Å². The zero-order valence-corrected chi connectivity index (χ0v) is 24.6. The lowest BCUT2D eigenvalue weighted by Crippen LogP contribution is -2.39. The number of rotatable bonds is 7. The van der Waals surface area contributed by atoms with Crippen LogP contribution in [0.1, 0.15) is 5.01 Å². The Morgan fingerprint density at radius 1 is 0.846 bits per heavy atom. The number of hydrogen-bond acceptors (Lipinski definition) is 11. The molecule has 0 amide bonds. The van der Waals surface area contributed by atoms with E-state index in [2.05, 4.69) is 0 Å². The number of thiophene rings is 2. The second-order valence-electron chi connectivity index (χ2n) is 8.57. The van der Waals surface area contributed by atoms with Crippen LogP contribution >= 0.6 is 45.8 Å². The maximum atomic E-state index is 11.9. The average molecular weight is 634 g/mol. The smallest absolute Gasteiger partial charge is 0.266 e. The number of aromatic nitrogens is 1. The molecule has 0 aliphatic carbocycles. The fourth-order valence-electron chi connectivity index (χ4n) is 4.30. The molecule has 0 saturated heterocycles. The molecule has 1 aliphatic heterocycles. The van der Waals surface area contributed by atoms with Crippen molar-refractivity contribution < 1.29 is 30.5 Å². The van der Waals surface area contributed by atoms with Crippen LogP contribution in [0.25, 0.3) is 37.2 Å². The first-order valence-electron chi connectivity index (χ1n) is 11.3. The van der Waals surface area contributed by atoms with Crippen LogP contribution in [0.3, 0.4) is 0 Å². The molecule has 0 fully saturated rings. The summed E-state index contributed by atoms with van der Waals surface area (Å²) in [7, 11) is -9.32. The highest BCUT2D eigenvalue weighted by Crippen LogP contribution is 2.48. The first-order valence-corrected chi connectivity index (χ1v) is 17.8. The van der Waals surface area contributed by atoms with Gasteiger partial charge in [-0.2, -0.15) is 4.57 Å². The van der Waals surface area contributed by atoms with Gasteiger partial charge in [0.05, 0.1) is 16.8 Å². The highest BCUT2D eigenvalue weighted by molar-refractivity contribution is 8.04. The molecule has 0 unspecified atom stereocenters. The Kier molecular flexibility index (Phi) is 6.92. The zero-order valence-electron chi connectivity index (χ0n) is 19.7. The second kappa shape index (κ2) is 10.1. The van der Waals surface area contributed by atoms with Crippen molar-refractivity contribution >= 4 is 88.0 Å². The van der Waals surface area contributed by atoms with Crippen molar-refractivity contribution in [2.45, 2.75) is 10.8 Å². The van der Waals surface area contributed by atoms with Gasteiger partial charge < -0.3 is 14.0 Å². The van der Waals surface area contributed by atoms with Gasteiger partial charge in [-0.15, -0.1) is 22.7 Å². The number of fused-ring (bicyclic) bond motifs is 2. The molecule has 8 nitrogen and oxygen atoms in total. The lowest BCUT2D eigenvalue weighted by molar-refractivity contribution is -0.649. The van der Waals surface area contributed by atoms with E-state index < -0.39 is 32.0 Å². The molecule has 6 rings (SSSR count). The summed E-state index contributed by atoms with van der Waals surface area (Å²) in [5.74, 6) is -1.58. The lowest BCUT2D eigenvalue weighted by Gasteiger charge is -2.22. The summed E-state index contributed by atoms with van der Waals surface area (Å²) < 4.78 is 73.6. The van der Waals surface area contributed by atoms with Crippen LogP contribution in [0.15, 0.2) is 81.3 Å². The van der Waals surface area contributed by atoms with Crippen LogP contribution in [0, 0.1) is 0 Å². The minimum absolute atomic E-state index is 0.440. The van der Waals surface area contributed by atoms with Crippen molar-refractivity contribution in [1.82, 2.24) is 0 Å². The topological polar surface area (TPSA) is 122 Å². The van der Waals surface area contributed by atoms with Crippen LogP contribution < -0.4 is 9.47 Å². The van der Waals surface area contributed by atoms with Crippen LogP contribution in [0.4, 0.5) is 5.69 Å². The van der Waals surface area contributed by atoms with E-state index in [0.29, 0.717) is 21.2 Å². The van der Waals surface area contributed by atoms with Gasteiger partial charge in [-0.3, -0.25) is 0 Å². The van der Waals surface area contributed by atoms with E-state index in [1.165, 1.54) is 32.6 Å². The van der Waals surface area contributed by atoms with Crippen molar-refractivity contribution in [2.24, 2.45) is 0 Å². The molecule has 14 heteroatoms. The molecule has 4 heterocycles. The van der Waals surface area contributed by atoms with Crippen LogP contribution in [-0.4, -0.2) is 31.8 Å². The first kappa shape index (κ1) is 26.7. The Bertz CT molecular complexity index is 1940. The molecule has 5 aromatic rings. The Morgan fingerprint density at radius 2 is 1.51 bits per heavy atom. The minimum Gasteiger partial charge on any atom is -0.747 e. The number of anilines is 1. The zero-order chi connectivity index (χ0) is 27.4. The highest BCUT2D eigenvalue weighted by Gasteiger charge is 2.30. The third kappa shape index (κ3) is 5.69. The summed E-state index contributed by atoms with van der Waals surface area (Å²) >= 11 is 5.64. The highest BCUT2D eigenvalue weighted by atomic mass is 32.2. The van der Waals surface area contributed by atoms with E-state index in [1.54, 1.807) is 28.7 Å². The molecule has 3 aromatic heterocycles. The molecule has 1 aliphatic rings. The van der Waals surface area contributed by atoms with Gasteiger partial charge in [0, 0.05) is 20.7 Å².